The minimum Gasteiger partial charge on any atom is -0.493 e. The fourth-order valence-electron chi connectivity index (χ4n) is 4.47. The summed E-state index contributed by atoms with van der Waals surface area (Å²) in [7, 11) is 3.20. The largest absolute Gasteiger partial charge is 0.493 e. The SMILES string of the molecule is COc1ccc(Nc2ncc3c(n2)-c2ccc(C#CCN4CCCC4)cc2NC(O)C3)cc1OC. The molecule has 1 unspecified atom stereocenters. The van der Waals surface area contributed by atoms with Crippen LogP contribution in [0.25, 0.3) is 11.3 Å². The van der Waals surface area contributed by atoms with E-state index in [0.29, 0.717) is 23.9 Å². The minimum atomic E-state index is -0.740. The molecule has 1 fully saturated rings. The fourth-order valence-corrected chi connectivity index (χ4v) is 4.47. The molecule has 1 saturated heterocycles. The zero-order chi connectivity index (χ0) is 24.2. The van der Waals surface area contributed by atoms with E-state index < -0.39 is 6.23 Å². The predicted molar refractivity (Wildman–Crippen MR) is 136 cm³/mol. The second-order valence-electron chi connectivity index (χ2n) is 8.67. The molecule has 0 spiro atoms. The van der Waals surface area contributed by atoms with E-state index in [1.54, 1.807) is 20.4 Å². The van der Waals surface area contributed by atoms with Crippen molar-refractivity contribution in [3.8, 4) is 34.6 Å². The maximum atomic E-state index is 10.6. The third kappa shape index (κ3) is 5.16. The number of aromatic nitrogens is 2. The monoisotopic (exact) mass is 471 g/mol. The van der Waals surface area contributed by atoms with Crippen molar-refractivity contribution in [3.63, 3.8) is 0 Å². The number of nitrogens with zero attached hydrogens (tertiary/aromatic N) is 3. The van der Waals surface area contributed by atoms with Crippen molar-refractivity contribution in [2.75, 3.05) is 44.5 Å². The quantitative estimate of drug-likeness (QED) is 0.486. The molecule has 2 aliphatic heterocycles. The van der Waals surface area contributed by atoms with Crippen LogP contribution in [0.3, 0.4) is 0 Å². The number of hydrogen-bond acceptors (Lipinski definition) is 8. The van der Waals surface area contributed by atoms with E-state index in [1.807, 2.05) is 36.4 Å². The Morgan fingerprint density at radius 3 is 2.74 bits per heavy atom. The summed E-state index contributed by atoms with van der Waals surface area (Å²) in [5, 5.41) is 17.0. The third-order valence-corrected chi connectivity index (χ3v) is 6.25. The summed E-state index contributed by atoms with van der Waals surface area (Å²) in [6.07, 6.45) is 3.93. The van der Waals surface area contributed by atoms with E-state index in [4.69, 9.17) is 14.5 Å². The molecule has 8 nitrogen and oxygen atoms in total. The lowest BCUT2D eigenvalue weighted by Crippen LogP contribution is -2.20. The van der Waals surface area contributed by atoms with Gasteiger partial charge in [0.15, 0.2) is 11.5 Å². The van der Waals surface area contributed by atoms with Crippen molar-refractivity contribution in [3.05, 3.63) is 53.7 Å². The van der Waals surface area contributed by atoms with Gasteiger partial charge in [-0.05, 0) is 56.3 Å². The summed E-state index contributed by atoms with van der Waals surface area (Å²) in [6, 6.07) is 11.5. The Hall–Kier alpha value is -3.80. The van der Waals surface area contributed by atoms with Crippen molar-refractivity contribution in [2.24, 2.45) is 0 Å². The highest BCUT2D eigenvalue weighted by Crippen LogP contribution is 2.35. The Morgan fingerprint density at radius 1 is 1.11 bits per heavy atom. The summed E-state index contributed by atoms with van der Waals surface area (Å²) in [4.78, 5) is 11.6. The van der Waals surface area contributed by atoms with Gasteiger partial charge in [-0.25, -0.2) is 9.97 Å². The Morgan fingerprint density at radius 2 is 1.94 bits per heavy atom. The summed E-state index contributed by atoms with van der Waals surface area (Å²) < 4.78 is 10.7. The molecule has 0 aliphatic carbocycles. The standard InChI is InChI=1S/C27H29N5O3/c1-34-23-10-8-20(16-24(23)35-2)29-27-28-17-19-15-25(33)30-22-14-18(7-9-21(22)26(19)31-27)6-5-13-32-11-3-4-12-32/h7-10,14,16-17,25,30,33H,3-4,11-13,15H2,1-2H3,(H,28,29,31). The van der Waals surface area contributed by atoms with Crippen molar-refractivity contribution in [1.82, 2.24) is 14.9 Å². The van der Waals surface area contributed by atoms with Crippen LogP contribution in [0.4, 0.5) is 17.3 Å². The van der Waals surface area contributed by atoms with Crippen molar-refractivity contribution in [2.45, 2.75) is 25.5 Å². The lowest BCUT2D eigenvalue weighted by molar-refractivity contribution is 0.205. The van der Waals surface area contributed by atoms with E-state index in [2.05, 4.69) is 32.4 Å². The molecule has 0 amide bonds. The lowest BCUT2D eigenvalue weighted by Gasteiger charge is -2.13. The van der Waals surface area contributed by atoms with Crippen LogP contribution in [0.5, 0.6) is 11.5 Å². The molecule has 2 aliphatic rings. The van der Waals surface area contributed by atoms with E-state index >= 15 is 0 Å². The normalized spacial score (nSPS) is 16.7. The molecule has 0 bridgehead atoms. The smallest absolute Gasteiger partial charge is 0.227 e. The fraction of sp³-hybridized carbons (Fsp3) is 0.333. The molecule has 35 heavy (non-hydrogen) atoms. The number of likely N-dealkylation sites (tertiary alicyclic amines) is 1. The average molecular weight is 472 g/mol. The van der Waals surface area contributed by atoms with Gasteiger partial charge in [0, 0.05) is 46.7 Å². The van der Waals surface area contributed by atoms with Crippen LogP contribution in [0.2, 0.25) is 0 Å². The highest BCUT2D eigenvalue weighted by atomic mass is 16.5. The third-order valence-electron chi connectivity index (χ3n) is 6.25. The summed E-state index contributed by atoms with van der Waals surface area (Å²) in [6.45, 7) is 3.04. The number of nitrogens with one attached hydrogen (secondary N) is 2. The zero-order valence-corrected chi connectivity index (χ0v) is 20.0. The lowest BCUT2D eigenvalue weighted by atomic mass is 10.0. The maximum Gasteiger partial charge on any atom is 0.227 e. The first-order valence-corrected chi connectivity index (χ1v) is 11.8. The highest BCUT2D eigenvalue weighted by Gasteiger charge is 2.22. The van der Waals surface area contributed by atoms with Gasteiger partial charge in [0.2, 0.25) is 5.95 Å². The van der Waals surface area contributed by atoms with Crippen molar-refractivity contribution < 1.29 is 14.6 Å². The number of anilines is 3. The Bertz CT molecular complexity index is 1280. The molecular formula is C27H29N5O3. The first kappa shape index (κ1) is 23.0. The number of aliphatic hydroxyl groups excluding tert-OH is 1. The number of hydrogen-bond donors (Lipinski definition) is 3. The van der Waals surface area contributed by atoms with Gasteiger partial charge in [0.25, 0.3) is 0 Å². The van der Waals surface area contributed by atoms with Crippen LogP contribution in [0, 0.1) is 11.8 Å². The van der Waals surface area contributed by atoms with Crippen molar-refractivity contribution >= 4 is 17.3 Å². The predicted octanol–water partition coefficient (Wildman–Crippen LogP) is 3.64. The number of rotatable bonds is 5. The van der Waals surface area contributed by atoms with Crippen LogP contribution >= 0.6 is 0 Å². The Balaban J connectivity index is 1.42. The number of benzene rings is 2. The minimum absolute atomic E-state index is 0.399. The number of fused-ring (bicyclic) bond motifs is 3. The summed E-state index contributed by atoms with van der Waals surface area (Å²) in [5.74, 6) is 8.26. The first-order chi connectivity index (χ1) is 17.1. The zero-order valence-electron chi connectivity index (χ0n) is 20.0. The molecule has 1 atom stereocenters. The highest BCUT2D eigenvalue weighted by molar-refractivity contribution is 5.80. The average Bonchev–Trinajstić information content (AvgIpc) is 3.34. The van der Waals surface area contributed by atoms with Gasteiger partial charge in [0.05, 0.1) is 26.5 Å². The molecule has 1 aromatic heterocycles. The maximum absolute atomic E-state index is 10.6. The molecule has 0 saturated carbocycles. The van der Waals surface area contributed by atoms with E-state index in [-0.39, 0.29) is 0 Å². The Kier molecular flexibility index (Phi) is 6.70. The first-order valence-electron chi connectivity index (χ1n) is 11.8. The molecule has 3 aromatic rings. The topological polar surface area (TPSA) is 91.8 Å². The molecule has 3 heterocycles. The number of methoxy groups -OCH3 is 2. The van der Waals surface area contributed by atoms with Crippen LogP contribution in [-0.2, 0) is 6.42 Å². The molecule has 180 valence electrons. The van der Waals surface area contributed by atoms with Crippen LogP contribution in [-0.4, -0.2) is 60.1 Å². The molecular weight excluding hydrogens is 442 g/mol. The van der Waals surface area contributed by atoms with Gasteiger partial charge in [-0.3, -0.25) is 4.90 Å². The van der Waals surface area contributed by atoms with Gasteiger partial charge < -0.3 is 25.2 Å². The second-order valence-corrected chi connectivity index (χ2v) is 8.67. The number of ether oxygens (including phenoxy) is 2. The van der Waals surface area contributed by atoms with E-state index in [1.165, 1.54) is 12.8 Å². The van der Waals surface area contributed by atoms with Crippen LogP contribution in [0.15, 0.2) is 42.6 Å². The summed E-state index contributed by atoms with van der Waals surface area (Å²) in [5.41, 5.74) is 5.04. The van der Waals surface area contributed by atoms with Crippen LogP contribution < -0.4 is 20.1 Å². The molecule has 8 heteroatoms. The van der Waals surface area contributed by atoms with E-state index in [0.717, 1.165) is 53.4 Å². The number of aliphatic hydroxyl groups is 1. The van der Waals surface area contributed by atoms with Gasteiger partial charge >= 0.3 is 0 Å². The molecule has 2 aromatic carbocycles. The van der Waals surface area contributed by atoms with E-state index in [9.17, 15) is 5.11 Å². The van der Waals surface area contributed by atoms with Gasteiger partial charge in [0.1, 0.15) is 6.23 Å². The van der Waals surface area contributed by atoms with Gasteiger partial charge in [-0.2, -0.15) is 0 Å². The molecule has 5 rings (SSSR count). The molecule has 0 radical (unpaired) electrons. The van der Waals surface area contributed by atoms with Crippen LogP contribution in [0.1, 0.15) is 24.0 Å². The van der Waals surface area contributed by atoms with Gasteiger partial charge in [-0.15, -0.1) is 0 Å². The van der Waals surface area contributed by atoms with Gasteiger partial charge in [-0.1, -0.05) is 11.8 Å². The summed E-state index contributed by atoms with van der Waals surface area (Å²) >= 11 is 0. The van der Waals surface area contributed by atoms with Crippen molar-refractivity contribution in [1.29, 1.82) is 0 Å². The Labute approximate surface area is 205 Å². The molecule has 3 N–H and O–H groups in total. The second kappa shape index (κ2) is 10.2.